The van der Waals surface area contributed by atoms with Gasteiger partial charge in [-0.25, -0.2) is 0 Å². The molecule has 2 N–H and O–H groups in total. The fourth-order valence-corrected chi connectivity index (χ4v) is 1.33. The molecule has 0 saturated carbocycles. The zero-order chi connectivity index (χ0) is 9.94. The lowest BCUT2D eigenvalue weighted by Crippen LogP contribution is -2.53. The SMILES string of the molecule is CC(C)CC(O)(C(C)O)N(C)C. The zero-order valence-electron chi connectivity index (χ0n) is 8.70. The van der Waals surface area contributed by atoms with Gasteiger partial charge in [-0.2, -0.15) is 0 Å². The molecule has 0 bridgehead atoms. The second-order valence-corrected chi connectivity index (χ2v) is 4.05. The maximum atomic E-state index is 10.0. The summed E-state index contributed by atoms with van der Waals surface area (Å²) in [4.78, 5) is 1.66. The Labute approximate surface area is 75.0 Å². The van der Waals surface area contributed by atoms with E-state index in [2.05, 4.69) is 0 Å². The van der Waals surface area contributed by atoms with Crippen LogP contribution in [-0.4, -0.2) is 41.0 Å². The third-order valence-electron chi connectivity index (χ3n) is 2.15. The second kappa shape index (κ2) is 4.21. The van der Waals surface area contributed by atoms with Crippen molar-refractivity contribution < 1.29 is 10.2 Å². The molecule has 0 aromatic rings. The predicted molar refractivity (Wildman–Crippen MR) is 49.8 cm³/mol. The van der Waals surface area contributed by atoms with Gasteiger partial charge in [0.05, 0.1) is 6.10 Å². The van der Waals surface area contributed by atoms with E-state index in [1.165, 1.54) is 0 Å². The van der Waals surface area contributed by atoms with Crippen LogP contribution in [0.5, 0.6) is 0 Å². The van der Waals surface area contributed by atoms with Crippen molar-refractivity contribution in [2.24, 2.45) is 5.92 Å². The number of hydrogen-bond acceptors (Lipinski definition) is 3. The van der Waals surface area contributed by atoms with Crippen LogP contribution < -0.4 is 0 Å². The molecule has 0 aromatic carbocycles. The fourth-order valence-electron chi connectivity index (χ4n) is 1.33. The maximum absolute atomic E-state index is 10.0. The van der Waals surface area contributed by atoms with Gasteiger partial charge in [-0.3, -0.25) is 4.90 Å². The van der Waals surface area contributed by atoms with E-state index in [1.54, 1.807) is 25.9 Å². The summed E-state index contributed by atoms with van der Waals surface area (Å²) in [6, 6.07) is 0. The Morgan fingerprint density at radius 3 is 1.75 bits per heavy atom. The van der Waals surface area contributed by atoms with E-state index in [0.29, 0.717) is 12.3 Å². The van der Waals surface area contributed by atoms with E-state index >= 15 is 0 Å². The van der Waals surface area contributed by atoms with E-state index in [4.69, 9.17) is 0 Å². The first-order valence-electron chi connectivity index (χ1n) is 4.38. The lowest BCUT2D eigenvalue weighted by atomic mass is 9.95. The minimum atomic E-state index is -1.09. The zero-order valence-corrected chi connectivity index (χ0v) is 8.70. The van der Waals surface area contributed by atoms with Crippen molar-refractivity contribution in [2.75, 3.05) is 14.1 Å². The molecule has 0 aromatic heterocycles. The number of rotatable bonds is 4. The van der Waals surface area contributed by atoms with Crippen molar-refractivity contribution in [1.82, 2.24) is 4.90 Å². The Morgan fingerprint density at radius 1 is 1.25 bits per heavy atom. The van der Waals surface area contributed by atoms with E-state index in [-0.39, 0.29) is 0 Å². The van der Waals surface area contributed by atoms with Crippen molar-refractivity contribution in [3.8, 4) is 0 Å². The molecule has 0 amide bonds. The highest BCUT2D eigenvalue weighted by atomic mass is 16.4. The van der Waals surface area contributed by atoms with Crippen molar-refractivity contribution in [1.29, 1.82) is 0 Å². The van der Waals surface area contributed by atoms with Gasteiger partial charge in [-0.15, -0.1) is 0 Å². The van der Waals surface area contributed by atoms with Crippen molar-refractivity contribution in [3.05, 3.63) is 0 Å². The molecule has 0 fully saturated rings. The van der Waals surface area contributed by atoms with Gasteiger partial charge in [0.2, 0.25) is 0 Å². The molecule has 12 heavy (non-hydrogen) atoms. The van der Waals surface area contributed by atoms with Gasteiger partial charge in [0.25, 0.3) is 0 Å². The molecule has 0 aliphatic rings. The maximum Gasteiger partial charge on any atom is 0.144 e. The molecule has 0 rings (SSSR count). The van der Waals surface area contributed by atoms with Gasteiger partial charge in [0.15, 0.2) is 0 Å². The van der Waals surface area contributed by atoms with Gasteiger partial charge in [0.1, 0.15) is 5.72 Å². The Balaban J connectivity index is 4.40. The lowest BCUT2D eigenvalue weighted by molar-refractivity contribution is -0.165. The summed E-state index contributed by atoms with van der Waals surface area (Å²) in [5, 5.41) is 19.4. The standard InChI is InChI=1S/C9H21NO2/c1-7(2)6-9(12,8(3)11)10(4)5/h7-8,11-12H,6H2,1-5H3. The third-order valence-corrected chi connectivity index (χ3v) is 2.15. The summed E-state index contributed by atoms with van der Waals surface area (Å²) in [6.07, 6.45) is -0.146. The van der Waals surface area contributed by atoms with Crippen LogP contribution in [-0.2, 0) is 0 Å². The van der Waals surface area contributed by atoms with Crippen LogP contribution in [0.1, 0.15) is 27.2 Å². The third kappa shape index (κ3) is 2.73. The van der Waals surface area contributed by atoms with Crippen molar-refractivity contribution >= 4 is 0 Å². The first-order valence-corrected chi connectivity index (χ1v) is 4.38. The van der Waals surface area contributed by atoms with Gasteiger partial charge in [-0.05, 0) is 33.4 Å². The van der Waals surface area contributed by atoms with E-state index in [0.717, 1.165) is 0 Å². The highest BCUT2D eigenvalue weighted by Crippen LogP contribution is 2.22. The molecule has 3 nitrogen and oxygen atoms in total. The number of aliphatic hydroxyl groups is 2. The van der Waals surface area contributed by atoms with Crippen LogP contribution in [0, 0.1) is 5.92 Å². The Hall–Kier alpha value is -0.120. The van der Waals surface area contributed by atoms with E-state index < -0.39 is 11.8 Å². The van der Waals surface area contributed by atoms with Gasteiger partial charge in [-0.1, -0.05) is 13.8 Å². The Kier molecular flexibility index (Phi) is 4.17. The van der Waals surface area contributed by atoms with Crippen LogP contribution in [0.4, 0.5) is 0 Å². The average molecular weight is 175 g/mol. The lowest BCUT2D eigenvalue weighted by Gasteiger charge is -2.38. The molecule has 0 heterocycles. The number of likely N-dealkylation sites (N-methyl/N-ethyl adjacent to an activating group) is 1. The van der Waals surface area contributed by atoms with Crippen LogP contribution in [0.15, 0.2) is 0 Å². The summed E-state index contributed by atoms with van der Waals surface area (Å²) in [5.74, 6) is 0.368. The van der Waals surface area contributed by atoms with E-state index in [9.17, 15) is 10.2 Å². The molecular weight excluding hydrogens is 154 g/mol. The van der Waals surface area contributed by atoms with Crippen LogP contribution in [0.25, 0.3) is 0 Å². The minimum Gasteiger partial charge on any atom is -0.389 e. The quantitative estimate of drug-likeness (QED) is 0.617. The summed E-state index contributed by atoms with van der Waals surface area (Å²) < 4.78 is 0. The van der Waals surface area contributed by atoms with Crippen LogP contribution in [0.3, 0.4) is 0 Å². The van der Waals surface area contributed by atoms with Gasteiger partial charge in [0, 0.05) is 0 Å². The first-order chi connectivity index (χ1) is 5.30. The molecule has 0 aliphatic carbocycles. The highest BCUT2D eigenvalue weighted by Gasteiger charge is 2.35. The molecular formula is C9H21NO2. The summed E-state index contributed by atoms with van der Waals surface area (Å²) in [6.45, 7) is 5.66. The van der Waals surface area contributed by atoms with Crippen LogP contribution >= 0.6 is 0 Å². The largest absolute Gasteiger partial charge is 0.389 e. The number of hydrogen-bond donors (Lipinski definition) is 2. The summed E-state index contributed by atoms with van der Waals surface area (Å²) in [7, 11) is 3.55. The Morgan fingerprint density at radius 2 is 1.67 bits per heavy atom. The predicted octanol–water partition coefficient (Wildman–Crippen LogP) is 0.664. The smallest absolute Gasteiger partial charge is 0.144 e. The summed E-state index contributed by atoms with van der Waals surface area (Å²) in [5.41, 5.74) is -1.09. The van der Waals surface area contributed by atoms with Crippen molar-refractivity contribution in [2.45, 2.75) is 39.0 Å². The fraction of sp³-hybridized carbons (Fsp3) is 1.00. The van der Waals surface area contributed by atoms with Crippen LogP contribution in [0.2, 0.25) is 0 Å². The number of nitrogens with zero attached hydrogens (tertiary/aromatic N) is 1. The molecule has 74 valence electrons. The topological polar surface area (TPSA) is 43.7 Å². The minimum absolute atomic E-state index is 0.368. The number of aliphatic hydroxyl groups excluding tert-OH is 1. The molecule has 0 radical (unpaired) electrons. The molecule has 0 aliphatic heterocycles. The molecule has 0 saturated heterocycles. The van der Waals surface area contributed by atoms with Gasteiger partial charge >= 0.3 is 0 Å². The molecule has 2 unspecified atom stereocenters. The monoisotopic (exact) mass is 175 g/mol. The second-order valence-electron chi connectivity index (χ2n) is 4.05. The van der Waals surface area contributed by atoms with E-state index in [1.807, 2.05) is 13.8 Å². The normalized spacial score (nSPS) is 19.8. The highest BCUT2D eigenvalue weighted by molar-refractivity contribution is 4.81. The van der Waals surface area contributed by atoms with Crippen molar-refractivity contribution in [3.63, 3.8) is 0 Å². The first kappa shape index (κ1) is 11.9. The molecule has 2 atom stereocenters. The molecule has 0 spiro atoms. The summed E-state index contributed by atoms with van der Waals surface area (Å²) >= 11 is 0. The average Bonchev–Trinajstić information content (AvgIpc) is 1.84. The Bertz CT molecular complexity index is 124. The molecule has 3 heteroatoms. The van der Waals surface area contributed by atoms with Gasteiger partial charge < -0.3 is 10.2 Å².